The standard InChI is InChI=1S/C55H82N2O14/c1-14-42-55(10,61)47-37(6)56-32-33(2)30-54(9,64-28-22-21-27-63-47)46(71-52-45(41(57(11)12)29-34(3)65-52)69-50(59)39-23-17-15-18-24-39)35(4)44(36(5)49(58)67-42)68-43-31-53(8,62-13)48(38(7)66-43)70-51(60)40-25-19-16-20-26-40/h15-26,33-38,41-48,52,56,61H,14,27-32H2,1-13H3/b22-21-/t33-,34-,35+,36?,37-,38+,41+,42-,43+,44?,45-,46-,47-,48+,52+,53-,54-,55-/m1/s1. The highest BCUT2D eigenvalue weighted by Crippen LogP contribution is 2.42. The molecule has 16 heteroatoms. The Hall–Kier alpha value is -3.81. The van der Waals surface area contributed by atoms with Gasteiger partial charge in [0.05, 0.1) is 66.3 Å². The number of carbonyl (C=O) groups excluding carboxylic acids is 3. The van der Waals surface area contributed by atoms with Crippen LogP contribution in [0.4, 0.5) is 0 Å². The summed E-state index contributed by atoms with van der Waals surface area (Å²) in [6, 6.07) is 16.9. The van der Waals surface area contributed by atoms with Gasteiger partial charge >= 0.3 is 17.9 Å². The second-order valence-corrected chi connectivity index (χ2v) is 21.2. The summed E-state index contributed by atoms with van der Waals surface area (Å²) >= 11 is 0. The van der Waals surface area contributed by atoms with Crippen LogP contribution < -0.4 is 5.32 Å². The number of ether oxygens (including phenoxy) is 10. The number of hydrogen-bond acceptors (Lipinski definition) is 16. The summed E-state index contributed by atoms with van der Waals surface area (Å²) in [5.41, 5.74) is -3.09. The Bertz CT molecular complexity index is 2060. The Morgan fingerprint density at radius 1 is 0.817 bits per heavy atom. The van der Waals surface area contributed by atoms with Gasteiger partial charge in [-0.3, -0.25) is 4.79 Å². The third-order valence-corrected chi connectivity index (χ3v) is 15.1. The maximum atomic E-state index is 15.0. The maximum absolute atomic E-state index is 15.0. The van der Waals surface area contributed by atoms with Crippen molar-refractivity contribution in [2.45, 2.75) is 185 Å². The van der Waals surface area contributed by atoms with Crippen LogP contribution in [0, 0.1) is 17.8 Å². The molecule has 0 radical (unpaired) electrons. The fraction of sp³-hybridized carbons (Fsp3) is 0.691. The van der Waals surface area contributed by atoms with Gasteiger partial charge in [0, 0.05) is 25.5 Å². The van der Waals surface area contributed by atoms with Crippen molar-refractivity contribution >= 4 is 17.9 Å². The summed E-state index contributed by atoms with van der Waals surface area (Å²) in [5.74, 6) is -3.45. The molecule has 3 fully saturated rings. The molecule has 0 amide bonds. The van der Waals surface area contributed by atoms with Gasteiger partial charge in [-0.2, -0.15) is 0 Å². The first kappa shape index (κ1) is 56.5. The van der Waals surface area contributed by atoms with Crippen molar-refractivity contribution in [1.29, 1.82) is 0 Å². The van der Waals surface area contributed by atoms with Gasteiger partial charge in [0.2, 0.25) is 0 Å². The van der Waals surface area contributed by atoms with Crippen molar-refractivity contribution < 1.29 is 66.9 Å². The molecule has 4 heterocycles. The fourth-order valence-corrected chi connectivity index (χ4v) is 11.2. The van der Waals surface area contributed by atoms with E-state index in [9.17, 15) is 19.5 Å². The first-order chi connectivity index (χ1) is 33.6. The van der Waals surface area contributed by atoms with Crippen molar-refractivity contribution in [2.75, 3.05) is 41.0 Å². The SMILES string of the molecule is CC[C@H]1OC(=O)C(C)C(O[C@H]2C[C@@](C)(OC)[C@@H](OC(=O)c3ccccc3)[C@H](C)O2)[C@H](C)[C@@H](O[C@@H]2O[C@H](C)C[C@H](N(C)C)[C@H]2OC(=O)c2ccccc2)[C@@]2(C)C[C@@H](C)CN[C@H](C)[C@@H](OC/C=C\CO2)[C@]1(C)O. The zero-order chi connectivity index (χ0) is 51.8. The van der Waals surface area contributed by atoms with E-state index in [2.05, 4.69) is 12.2 Å². The van der Waals surface area contributed by atoms with Gasteiger partial charge in [-0.05, 0) is 119 Å². The van der Waals surface area contributed by atoms with E-state index in [1.54, 1.807) is 76.4 Å². The summed E-state index contributed by atoms with van der Waals surface area (Å²) in [7, 11) is 5.44. The minimum absolute atomic E-state index is 0.0502. The van der Waals surface area contributed by atoms with E-state index in [0.29, 0.717) is 30.5 Å². The second kappa shape index (κ2) is 24.5. The van der Waals surface area contributed by atoms with E-state index < -0.39 is 102 Å². The molecule has 3 saturated heterocycles. The van der Waals surface area contributed by atoms with Gasteiger partial charge in [-0.25, -0.2) is 9.59 Å². The Balaban J connectivity index is 1.47. The van der Waals surface area contributed by atoms with Crippen LogP contribution in [0.25, 0.3) is 0 Å². The number of fused-ring (bicyclic) bond motifs is 6. The molecule has 6 rings (SSSR count). The van der Waals surface area contributed by atoms with E-state index in [4.69, 9.17) is 47.4 Å². The molecule has 2 N–H and O–H groups in total. The highest BCUT2D eigenvalue weighted by molar-refractivity contribution is 5.90. The summed E-state index contributed by atoms with van der Waals surface area (Å²) in [4.78, 5) is 44.4. The molecule has 2 aromatic carbocycles. The number of carbonyl (C=O) groups is 3. The smallest absolute Gasteiger partial charge is 0.338 e. The molecule has 396 valence electrons. The molecule has 2 bridgehead atoms. The average molecular weight is 995 g/mol. The van der Waals surface area contributed by atoms with Crippen molar-refractivity contribution in [3.63, 3.8) is 0 Å². The summed E-state index contributed by atoms with van der Waals surface area (Å²) in [6.45, 7) is 19.7. The normalized spacial score (nSPS) is 40.4. The van der Waals surface area contributed by atoms with Crippen molar-refractivity contribution in [2.24, 2.45) is 17.8 Å². The topological polar surface area (TPSA) is 179 Å². The molecule has 0 aliphatic carbocycles. The van der Waals surface area contributed by atoms with Crippen LogP contribution in [0.5, 0.6) is 0 Å². The van der Waals surface area contributed by atoms with Crippen LogP contribution in [0.1, 0.15) is 116 Å². The molecular weight excluding hydrogens is 913 g/mol. The Morgan fingerprint density at radius 3 is 2.04 bits per heavy atom. The van der Waals surface area contributed by atoms with Crippen LogP contribution in [0.2, 0.25) is 0 Å². The quantitative estimate of drug-likeness (QED) is 0.135. The van der Waals surface area contributed by atoms with Gasteiger partial charge < -0.3 is 62.7 Å². The van der Waals surface area contributed by atoms with E-state index in [1.807, 2.05) is 84.8 Å². The van der Waals surface area contributed by atoms with Crippen molar-refractivity contribution in [3.05, 3.63) is 83.9 Å². The molecule has 18 atom stereocenters. The van der Waals surface area contributed by atoms with Gasteiger partial charge in [0.1, 0.15) is 23.4 Å². The van der Waals surface area contributed by atoms with Crippen LogP contribution in [0.15, 0.2) is 72.8 Å². The highest BCUT2D eigenvalue weighted by Gasteiger charge is 2.55. The van der Waals surface area contributed by atoms with Crippen LogP contribution in [-0.4, -0.2) is 159 Å². The predicted molar refractivity (Wildman–Crippen MR) is 265 cm³/mol. The number of rotatable bonds is 11. The number of nitrogens with zero attached hydrogens (tertiary/aromatic N) is 1. The lowest BCUT2D eigenvalue weighted by Crippen LogP contribution is -2.62. The predicted octanol–water partition coefficient (Wildman–Crippen LogP) is 6.91. The zero-order valence-corrected chi connectivity index (χ0v) is 44.2. The lowest BCUT2D eigenvalue weighted by Gasteiger charge is -2.50. The molecule has 2 aromatic rings. The monoisotopic (exact) mass is 995 g/mol. The zero-order valence-electron chi connectivity index (χ0n) is 44.2. The summed E-state index contributed by atoms with van der Waals surface area (Å²) < 4.78 is 66.5. The van der Waals surface area contributed by atoms with Crippen molar-refractivity contribution in [3.8, 4) is 0 Å². The third kappa shape index (κ3) is 13.5. The number of hydrogen-bond donors (Lipinski definition) is 2. The second-order valence-electron chi connectivity index (χ2n) is 21.2. The summed E-state index contributed by atoms with van der Waals surface area (Å²) in [5, 5.41) is 16.1. The first-order valence-corrected chi connectivity index (χ1v) is 25.5. The fourth-order valence-electron chi connectivity index (χ4n) is 11.2. The lowest BCUT2D eigenvalue weighted by atomic mass is 9.77. The van der Waals surface area contributed by atoms with Gasteiger partial charge in [-0.15, -0.1) is 0 Å². The molecule has 0 spiro atoms. The molecule has 4 aliphatic heterocycles. The Labute approximate surface area is 421 Å². The Morgan fingerprint density at radius 2 is 1.44 bits per heavy atom. The first-order valence-electron chi connectivity index (χ1n) is 25.5. The molecule has 71 heavy (non-hydrogen) atoms. The maximum Gasteiger partial charge on any atom is 0.338 e. The van der Waals surface area contributed by atoms with E-state index in [0.717, 1.165) is 0 Å². The molecule has 0 saturated carbocycles. The number of aliphatic hydroxyl groups is 1. The number of nitrogens with one attached hydrogen (secondary N) is 1. The van der Waals surface area contributed by atoms with Crippen molar-refractivity contribution in [1.82, 2.24) is 10.2 Å². The molecule has 16 nitrogen and oxygen atoms in total. The van der Waals surface area contributed by atoms with E-state index in [1.165, 1.54) is 0 Å². The Kier molecular flexibility index (Phi) is 19.5. The number of methoxy groups -OCH3 is 1. The van der Waals surface area contributed by atoms with Gasteiger partial charge in [0.15, 0.2) is 24.8 Å². The average Bonchev–Trinajstić information content (AvgIpc) is 3.35. The molecule has 4 aliphatic rings. The largest absolute Gasteiger partial charge is 0.459 e. The van der Waals surface area contributed by atoms with E-state index in [-0.39, 0.29) is 50.2 Å². The molecule has 2 unspecified atom stereocenters. The van der Waals surface area contributed by atoms with Gasteiger partial charge in [-0.1, -0.05) is 69.3 Å². The van der Waals surface area contributed by atoms with Crippen LogP contribution >= 0.6 is 0 Å². The molecule has 0 aromatic heterocycles. The highest BCUT2D eigenvalue weighted by atomic mass is 16.7. The number of likely N-dealkylation sites (N-methyl/N-ethyl adjacent to an activating group) is 1. The lowest BCUT2D eigenvalue weighted by molar-refractivity contribution is -0.319. The molecular formula is C55H82N2O14. The number of esters is 3. The third-order valence-electron chi connectivity index (χ3n) is 15.1. The minimum atomic E-state index is -1.63. The van der Waals surface area contributed by atoms with Crippen LogP contribution in [0.3, 0.4) is 0 Å². The number of benzene rings is 2. The number of cyclic esters (lactones) is 1. The minimum Gasteiger partial charge on any atom is -0.459 e. The van der Waals surface area contributed by atoms with Gasteiger partial charge in [0.25, 0.3) is 0 Å². The summed E-state index contributed by atoms with van der Waals surface area (Å²) in [6.07, 6.45) is -3.46. The van der Waals surface area contributed by atoms with Crippen LogP contribution in [-0.2, 0) is 52.2 Å². The van der Waals surface area contributed by atoms with E-state index >= 15 is 0 Å².